The van der Waals surface area contributed by atoms with Crippen molar-refractivity contribution in [3.05, 3.63) is 23.8 Å². The van der Waals surface area contributed by atoms with Gasteiger partial charge in [0.05, 0.1) is 17.9 Å². The predicted molar refractivity (Wildman–Crippen MR) is 71.3 cm³/mol. The molecule has 1 heterocycles. The largest absolute Gasteiger partial charge is 0.491 e. The maximum absolute atomic E-state index is 8.88. The third-order valence-corrected chi connectivity index (χ3v) is 3.57. The van der Waals surface area contributed by atoms with E-state index in [0.29, 0.717) is 29.6 Å². The monoisotopic (exact) mass is 245 g/mol. The molecule has 0 aliphatic carbocycles. The third kappa shape index (κ3) is 2.74. The van der Waals surface area contributed by atoms with Crippen molar-refractivity contribution in [2.75, 3.05) is 25.9 Å². The number of hydrogen-bond acceptors (Lipinski definition) is 4. The Bertz CT molecular complexity index is 453. The number of benzene rings is 1. The Morgan fingerprint density at radius 1 is 1.56 bits per heavy atom. The Kier molecular flexibility index (Phi) is 4.06. The maximum Gasteiger partial charge on any atom is 0.143 e. The number of likely N-dealkylation sites (tertiary alicyclic amines) is 1. The van der Waals surface area contributed by atoms with Crippen LogP contribution in [-0.4, -0.2) is 31.1 Å². The van der Waals surface area contributed by atoms with Crippen molar-refractivity contribution < 1.29 is 4.74 Å². The average Bonchev–Trinajstić information content (AvgIpc) is 2.77. The lowest BCUT2D eigenvalue weighted by atomic mass is 10.1. The van der Waals surface area contributed by atoms with Crippen LogP contribution in [0.25, 0.3) is 0 Å². The molecule has 4 nitrogen and oxygen atoms in total. The maximum atomic E-state index is 8.88. The normalized spacial score (nSPS) is 19.7. The topological polar surface area (TPSA) is 62.3 Å². The molecule has 0 saturated carbocycles. The average molecular weight is 245 g/mol. The molecule has 0 bridgehead atoms. The van der Waals surface area contributed by atoms with Gasteiger partial charge in [0.25, 0.3) is 0 Å². The summed E-state index contributed by atoms with van der Waals surface area (Å²) in [5.74, 6) is 0.620. The number of hydrogen-bond donors (Lipinski definition) is 1. The number of para-hydroxylation sites is 1. The van der Waals surface area contributed by atoms with Crippen molar-refractivity contribution in [1.82, 2.24) is 4.90 Å². The van der Waals surface area contributed by atoms with Crippen LogP contribution in [0.15, 0.2) is 18.2 Å². The molecule has 1 aliphatic rings. The van der Waals surface area contributed by atoms with E-state index in [4.69, 9.17) is 15.7 Å². The van der Waals surface area contributed by atoms with E-state index in [0.717, 1.165) is 6.42 Å². The van der Waals surface area contributed by atoms with Crippen molar-refractivity contribution in [3.8, 4) is 11.8 Å². The molecule has 2 rings (SSSR count). The van der Waals surface area contributed by atoms with Crippen molar-refractivity contribution in [2.24, 2.45) is 0 Å². The fourth-order valence-electron chi connectivity index (χ4n) is 2.42. The zero-order valence-corrected chi connectivity index (χ0v) is 10.7. The van der Waals surface area contributed by atoms with Gasteiger partial charge in [-0.1, -0.05) is 6.07 Å². The summed E-state index contributed by atoms with van der Waals surface area (Å²) in [6.07, 6.45) is 3.52. The lowest BCUT2D eigenvalue weighted by Crippen LogP contribution is -2.26. The van der Waals surface area contributed by atoms with E-state index < -0.39 is 0 Å². The molecule has 0 radical (unpaired) electrons. The third-order valence-electron chi connectivity index (χ3n) is 3.57. The first-order valence-electron chi connectivity index (χ1n) is 6.34. The van der Waals surface area contributed by atoms with E-state index in [9.17, 15) is 0 Å². The molecule has 1 atom stereocenters. The van der Waals surface area contributed by atoms with Gasteiger partial charge in [-0.15, -0.1) is 0 Å². The molecule has 4 heteroatoms. The zero-order valence-electron chi connectivity index (χ0n) is 10.7. The number of nitriles is 1. The molecule has 1 saturated heterocycles. The van der Waals surface area contributed by atoms with Crippen LogP contribution in [0.1, 0.15) is 24.8 Å². The Labute approximate surface area is 108 Å². The van der Waals surface area contributed by atoms with Gasteiger partial charge >= 0.3 is 0 Å². The molecule has 1 unspecified atom stereocenters. The molecule has 18 heavy (non-hydrogen) atoms. The Balaban J connectivity index is 1.89. The summed E-state index contributed by atoms with van der Waals surface area (Å²) >= 11 is 0. The molecule has 0 aromatic heterocycles. The van der Waals surface area contributed by atoms with Gasteiger partial charge in [0.1, 0.15) is 11.8 Å². The fraction of sp³-hybridized carbons (Fsp3) is 0.500. The van der Waals surface area contributed by atoms with Crippen LogP contribution in [0.2, 0.25) is 0 Å². The first-order valence-corrected chi connectivity index (χ1v) is 6.34. The van der Waals surface area contributed by atoms with E-state index in [2.05, 4.69) is 18.0 Å². The van der Waals surface area contributed by atoms with E-state index in [1.165, 1.54) is 19.4 Å². The molecule has 1 aromatic rings. The predicted octanol–water partition coefficient (Wildman–Crippen LogP) is 2.00. The van der Waals surface area contributed by atoms with Gasteiger partial charge in [-0.05, 0) is 45.0 Å². The van der Waals surface area contributed by atoms with Gasteiger partial charge in [-0.25, -0.2) is 0 Å². The van der Waals surface area contributed by atoms with Crippen molar-refractivity contribution in [1.29, 1.82) is 5.26 Å². The lowest BCUT2D eigenvalue weighted by molar-refractivity contribution is 0.234. The highest BCUT2D eigenvalue weighted by atomic mass is 16.5. The smallest absolute Gasteiger partial charge is 0.143 e. The molecule has 1 fully saturated rings. The van der Waals surface area contributed by atoms with Crippen LogP contribution >= 0.6 is 0 Å². The molecular formula is C14H19N3O. The summed E-state index contributed by atoms with van der Waals surface area (Å²) < 4.78 is 5.69. The van der Waals surface area contributed by atoms with Gasteiger partial charge < -0.3 is 15.4 Å². The highest BCUT2D eigenvalue weighted by Crippen LogP contribution is 2.25. The lowest BCUT2D eigenvalue weighted by Gasteiger charge is -2.19. The molecule has 0 spiro atoms. The summed E-state index contributed by atoms with van der Waals surface area (Å²) in [6, 6.07) is 7.99. The molecule has 1 aromatic carbocycles. The van der Waals surface area contributed by atoms with Crippen LogP contribution in [0, 0.1) is 11.3 Å². The van der Waals surface area contributed by atoms with Crippen molar-refractivity contribution >= 4 is 5.69 Å². The SMILES string of the molecule is CN1CCCC1CCOc1cccc(C#N)c1N. The second-order valence-electron chi connectivity index (χ2n) is 4.74. The molecule has 1 aliphatic heterocycles. The molecule has 96 valence electrons. The van der Waals surface area contributed by atoms with E-state index in [1.807, 2.05) is 6.07 Å². The first kappa shape index (κ1) is 12.7. The number of anilines is 1. The Morgan fingerprint density at radius 3 is 3.06 bits per heavy atom. The molecular weight excluding hydrogens is 226 g/mol. The van der Waals surface area contributed by atoms with Gasteiger partial charge in [-0.2, -0.15) is 5.26 Å². The summed E-state index contributed by atoms with van der Waals surface area (Å²) in [4.78, 5) is 2.37. The first-order chi connectivity index (χ1) is 8.72. The summed E-state index contributed by atoms with van der Waals surface area (Å²) in [5.41, 5.74) is 6.78. The number of nitrogen functional groups attached to an aromatic ring is 1. The molecule has 0 amide bonds. The summed E-state index contributed by atoms with van der Waals surface area (Å²) in [7, 11) is 2.16. The minimum atomic E-state index is 0.444. The van der Waals surface area contributed by atoms with Gasteiger partial charge in [-0.3, -0.25) is 0 Å². The van der Waals surface area contributed by atoms with Gasteiger partial charge in [0.15, 0.2) is 0 Å². The van der Waals surface area contributed by atoms with Crippen LogP contribution in [0.4, 0.5) is 5.69 Å². The van der Waals surface area contributed by atoms with Crippen LogP contribution in [0.5, 0.6) is 5.75 Å². The minimum Gasteiger partial charge on any atom is -0.491 e. The number of nitrogens with zero attached hydrogens (tertiary/aromatic N) is 2. The quantitative estimate of drug-likeness (QED) is 0.824. The van der Waals surface area contributed by atoms with Gasteiger partial charge in [0.2, 0.25) is 0 Å². The second kappa shape index (κ2) is 5.74. The van der Waals surface area contributed by atoms with Gasteiger partial charge in [0, 0.05) is 6.04 Å². The Hall–Kier alpha value is -1.73. The fourth-order valence-corrected chi connectivity index (χ4v) is 2.42. The number of nitrogens with two attached hydrogens (primary N) is 1. The van der Waals surface area contributed by atoms with E-state index in [1.54, 1.807) is 12.1 Å². The standard InChI is InChI=1S/C14H19N3O/c1-17-8-3-5-12(17)7-9-18-13-6-2-4-11(10-15)14(13)16/h2,4,6,12H,3,5,7-9,16H2,1H3. The minimum absolute atomic E-state index is 0.444. The second-order valence-corrected chi connectivity index (χ2v) is 4.74. The zero-order chi connectivity index (χ0) is 13.0. The van der Waals surface area contributed by atoms with Crippen molar-refractivity contribution in [3.63, 3.8) is 0 Å². The number of ether oxygens (including phenoxy) is 1. The van der Waals surface area contributed by atoms with Crippen LogP contribution in [-0.2, 0) is 0 Å². The van der Waals surface area contributed by atoms with E-state index in [-0.39, 0.29) is 0 Å². The highest BCUT2D eigenvalue weighted by molar-refractivity contribution is 5.62. The molecule has 2 N–H and O–H groups in total. The van der Waals surface area contributed by atoms with Crippen molar-refractivity contribution in [2.45, 2.75) is 25.3 Å². The Morgan fingerprint density at radius 2 is 2.39 bits per heavy atom. The summed E-state index contributed by atoms with van der Waals surface area (Å²) in [6.45, 7) is 1.82. The van der Waals surface area contributed by atoms with Crippen LogP contribution < -0.4 is 10.5 Å². The number of rotatable bonds is 4. The summed E-state index contributed by atoms with van der Waals surface area (Å²) in [5, 5.41) is 8.88. The van der Waals surface area contributed by atoms with Crippen LogP contribution in [0.3, 0.4) is 0 Å². The van der Waals surface area contributed by atoms with E-state index >= 15 is 0 Å². The highest BCUT2D eigenvalue weighted by Gasteiger charge is 2.20.